The summed E-state index contributed by atoms with van der Waals surface area (Å²) in [6.45, 7) is 3.76. The summed E-state index contributed by atoms with van der Waals surface area (Å²) in [6, 6.07) is 12.5. The molecule has 20 heavy (non-hydrogen) atoms. The summed E-state index contributed by atoms with van der Waals surface area (Å²) in [6.07, 6.45) is 2.03. The van der Waals surface area contributed by atoms with E-state index in [4.69, 9.17) is 16.3 Å². The molecular weight excluding hydrogens is 270 g/mol. The van der Waals surface area contributed by atoms with Crippen LogP contribution in [-0.4, -0.2) is 13.2 Å². The Labute approximate surface area is 124 Å². The number of nitrogens with one attached hydrogen (secondary N) is 1. The van der Waals surface area contributed by atoms with E-state index in [9.17, 15) is 0 Å². The van der Waals surface area contributed by atoms with Gasteiger partial charge in [0.25, 0.3) is 0 Å². The van der Waals surface area contributed by atoms with Gasteiger partial charge in [0, 0.05) is 23.7 Å². The average molecular weight is 288 g/mol. The number of rotatable bonds is 4. The van der Waals surface area contributed by atoms with E-state index in [0.29, 0.717) is 0 Å². The molecule has 1 heterocycles. The first-order chi connectivity index (χ1) is 9.74. The summed E-state index contributed by atoms with van der Waals surface area (Å²) in [5, 5.41) is 4.26. The third kappa shape index (κ3) is 2.75. The van der Waals surface area contributed by atoms with E-state index in [1.807, 2.05) is 19.1 Å². The molecule has 0 unspecified atom stereocenters. The van der Waals surface area contributed by atoms with Crippen LogP contribution < -0.4 is 10.1 Å². The first-order valence-electron chi connectivity index (χ1n) is 6.97. The Balaban J connectivity index is 1.61. The first-order valence-corrected chi connectivity index (χ1v) is 7.35. The minimum atomic E-state index is 0.810. The van der Waals surface area contributed by atoms with Crippen molar-refractivity contribution < 1.29 is 4.74 Å². The Kier molecular flexibility index (Phi) is 3.83. The van der Waals surface area contributed by atoms with E-state index < -0.39 is 0 Å². The molecule has 0 saturated carbocycles. The highest BCUT2D eigenvalue weighted by molar-refractivity contribution is 6.31. The van der Waals surface area contributed by atoms with Crippen molar-refractivity contribution in [2.45, 2.75) is 19.8 Å². The van der Waals surface area contributed by atoms with Gasteiger partial charge in [0.2, 0.25) is 0 Å². The minimum absolute atomic E-state index is 0.810. The second-order valence-corrected chi connectivity index (χ2v) is 5.54. The van der Waals surface area contributed by atoms with Crippen molar-refractivity contribution in [2.75, 3.05) is 18.5 Å². The van der Waals surface area contributed by atoms with Crippen LogP contribution in [0.15, 0.2) is 36.4 Å². The van der Waals surface area contributed by atoms with Crippen molar-refractivity contribution in [2.24, 2.45) is 0 Å². The zero-order valence-corrected chi connectivity index (χ0v) is 12.3. The van der Waals surface area contributed by atoms with Crippen molar-refractivity contribution in [1.29, 1.82) is 0 Å². The summed E-state index contributed by atoms with van der Waals surface area (Å²) >= 11 is 6.12. The van der Waals surface area contributed by atoms with E-state index >= 15 is 0 Å². The number of ether oxygens (including phenoxy) is 1. The van der Waals surface area contributed by atoms with Gasteiger partial charge in [0.15, 0.2) is 0 Å². The van der Waals surface area contributed by atoms with Crippen LogP contribution >= 0.6 is 11.6 Å². The van der Waals surface area contributed by atoms with Gasteiger partial charge >= 0.3 is 0 Å². The highest BCUT2D eigenvalue weighted by Gasteiger charge is 2.11. The van der Waals surface area contributed by atoms with Crippen LogP contribution in [0.4, 0.5) is 5.69 Å². The molecule has 0 radical (unpaired) electrons. The fourth-order valence-electron chi connectivity index (χ4n) is 2.54. The molecule has 0 bridgehead atoms. The van der Waals surface area contributed by atoms with Gasteiger partial charge in [-0.1, -0.05) is 29.8 Å². The average Bonchev–Trinajstić information content (AvgIpc) is 2.91. The zero-order valence-electron chi connectivity index (χ0n) is 11.6. The molecule has 0 aromatic heterocycles. The molecule has 0 saturated heterocycles. The third-order valence-electron chi connectivity index (χ3n) is 3.75. The van der Waals surface area contributed by atoms with Gasteiger partial charge in [0.05, 0.1) is 6.61 Å². The van der Waals surface area contributed by atoms with Crippen molar-refractivity contribution >= 4 is 17.3 Å². The lowest BCUT2D eigenvalue weighted by atomic mass is 10.1. The highest BCUT2D eigenvalue weighted by Crippen LogP contribution is 2.26. The molecule has 1 aliphatic heterocycles. The number of benzene rings is 2. The molecule has 0 fully saturated rings. The van der Waals surface area contributed by atoms with Crippen molar-refractivity contribution in [3.05, 3.63) is 58.1 Å². The van der Waals surface area contributed by atoms with Crippen LogP contribution in [0.5, 0.6) is 5.75 Å². The second kappa shape index (κ2) is 5.76. The summed E-state index contributed by atoms with van der Waals surface area (Å²) in [5.74, 6) is 1.05. The molecule has 0 amide bonds. The molecule has 0 aliphatic carbocycles. The van der Waals surface area contributed by atoms with Gasteiger partial charge < -0.3 is 10.1 Å². The molecule has 2 aromatic carbocycles. The summed E-state index contributed by atoms with van der Waals surface area (Å²) in [4.78, 5) is 0. The van der Waals surface area contributed by atoms with E-state index in [1.165, 1.54) is 11.1 Å². The van der Waals surface area contributed by atoms with Gasteiger partial charge in [-0.05, 0) is 48.2 Å². The van der Waals surface area contributed by atoms with E-state index in [0.717, 1.165) is 48.0 Å². The monoisotopic (exact) mass is 287 g/mol. The Morgan fingerprint density at radius 1 is 1.25 bits per heavy atom. The largest absolute Gasteiger partial charge is 0.493 e. The van der Waals surface area contributed by atoms with Gasteiger partial charge in [-0.2, -0.15) is 0 Å². The molecular formula is C17H18ClNO. The number of halogens is 1. The summed E-state index contributed by atoms with van der Waals surface area (Å²) < 4.78 is 5.53. The Morgan fingerprint density at radius 3 is 3.05 bits per heavy atom. The molecule has 0 spiro atoms. The van der Waals surface area contributed by atoms with Crippen LogP contribution in [0.2, 0.25) is 5.02 Å². The summed E-state index contributed by atoms with van der Waals surface area (Å²) in [7, 11) is 0. The van der Waals surface area contributed by atoms with Gasteiger partial charge in [0.1, 0.15) is 5.75 Å². The SMILES string of the molecule is Cc1c(Cl)cccc1NCCc1ccc2c(c1)CCO2. The van der Waals surface area contributed by atoms with Crippen molar-refractivity contribution in [1.82, 2.24) is 0 Å². The first kappa shape index (κ1) is 13.3. The Bertz CT molecular complexity index is 624. The quantitative estimate of drug-likeness (QED) is 0.908. The Morgan fingerprint density at radius 2 is 2.15 bits per heavy atom. The number of anilines is 1. The van der Waals surface area contributed by atoms with Crippen LogP contribution in [0, 0.1) is 6.92 Å². The fourth-order valence-corrected chi connectivity index (χ4v) is 2.71. The molecule has 3 heteroatoms. The Hall–Kier alpha value is -1.67. The number of hydrogen-bond acceptors (Lipinski definition) is 2. The molecule has 1 aliphatic rings. The second-order valence-electron chi connectivity index (χ2n) is 5.13. The molecule has 2 nitrogen and oxygen atoms in total. The normalized spacial score (nSPS) is 12.9. The van der Waals surface area contributed by atoms with Gasteiger partial charge in [-0.3, -0.25) is 0 Å². The maximum absolute atomic E-state index is 6.12. The topological polar surface area (TPSA) is 21.3 Å². The zero-order chi connectivity index (χ0) is 13.9. The lowest BCUT2D eigenvalue weighted by molar-refractivity contribution is 0.357. The van der Waals surface area contributed by atoms with E-state index in [-0.39, 0.29) is 0 Å². The fraction of sp³-hybridized carbons (Fsp3) is 0.294. The summed E-state index contributed by atoms with van der Waals surface area (Å²) in [5.41, 5.74) is 4.90. The number of fused-ring (bicyclic) bond motifs is 1. The van der Waals surface area contributed by atoms with Gasteiger partial charge in [-0.25, -0.2) is 0 Å². The van der Waals surface area contributed by atoms with Crippen LogP contribution in [0.1, 0.15) is 16.7 Å². The third-order valence-corrected chi connectivity index (χ3v) is 4.16. The smallest absolute Gasteiger partial charge is 0.122 e. The number of hydrogen-bond donors (Lipinski definition) is 1. The minimum Gasteiger partial charge on any atom is -0.493 e. The lowest BCUT2D eigenvalue weighted by Crippen LogP contribution is -2.06. The van der Waals surface area contributed by atoms with E-state index in [2.05, 4.69) is 29.6 Å². The predicted octanol–water partition coefficient (Wildman–Crippen LogP) is 4.24. The molecule has 0 atom stereocenters. The van der Waals surface area contributed by atoms with Crippen molar-refractivity contribution in [3.63, 3.8) is 0 Å². The van der Waals surface area contributed by atoms with Crippen LogP contribution in [0.3, 0.4) is 0 Å². The van der Waals surface area contributed by atoms with Crippen LogP contribution in [0.25, 0.3) is 0 Å². The van der Waals surface area contributed by atoms with Gasteiger partial charge in [-0.15, -0.1) is 0 Å². The lowest BCUT2D eigenvalue weighted by Gasteiger charge is -2.11. The van der Waals surface area contributed by atoms with Crippen molar-refractivity contribution in [3.8, 4) is 5.75 Å². The molecule has 2 aromatic rings. The molecule has 1 N–H and O–H groups in total. The molecule has 104 valence electrons. The standard InChI is InChI=1S/C17H18ClNO/c1-12-15(18)3-2-4-16(12)19-9-7-13-5-6-17-14(11-13)8-10-20-17/h2-6,11,19H,7-10H2,1H3. The molecule has 3 rings (SSSR count). The van der Waals surface area contributed by atoms with E-state index in [1.54, 1.807) is 0 Å². The van der Waals surface area contributed by atoms with Crippen LogP contribution in [-0.2, 0) is 12.8 Å². The maximum Gasteiger partial charge on any atom is 0.122 e. The predicted molar refractivity (Wildman–Crippen MR) is 84.0 cm³/mol. The highest BCUT2D eigenvalue weighted by atomic mass is 35.5. The maximum atomic E-state index is 6.12.